The second kappa shape index (κ2) is 7.16. The van der Waals surface area contributed by atoms with Crippen LogP contribution in [0.3, 0.4) is 0 Å². The van der Waals surface area contributed by atoms with Crippen LogP contribution in [-0.2, 0) is 17.6 Å². The largest absolute Gasteiger partial charge is 0.497 e. The number of hydrogen-bond acceptors (Lipinski definition) is 4. The number of anilines is 1. The maximum Gasteiger partial charge on any atom is 0.233 e. The Morgan fingerprint density at radius 3 is 2.81 bits per heavy atom. The summed E-state index contributed by atoms with van der Waals surface area (Å²) in [6.45, 7) is 2.07. The Hall–Kier alpha value is -2.66. The van der Waals surface area contributed by atoms with Crippen LogP contribution in [0.2, 0.25) is 0 Å². The first kappa shape index (κ1) is 17.7. The molecule has 4 rings (SSSR count). The summed E-state index contributed by atoms with van der Waals surface area (Å²) in [5.74, 6) is 0.926. The van der Waals surface area contributed by atoms with Crippen molar-refractivity contribution in [2.45, 2.75) is 25.7 Å². The highest BCUT2D eigenvalue weighted by Gasteiger charge is 2.48. The second-order valence-corrected chi connectivity index (χ2v) is 8.09. The predicted octanol–water partition coefficient (Wildman–Crippen LogP) is 4.68. The Labute approximate surface area is 163 Å². The molecule has 1 aliphatic rings. The molecule has 2 aromatic carbocycles. The molecule has 2 atom stereocenters. The number of nitrogens with one attached hydrogen (secondary N) is 1. The van der Waals surface area contributed by atoms with Crippen molar-refractivity contribution in [2.75, 3.05) is 12.4 Å². The van der Waals surface area contributed by atoms with Crippen molar-refractivity contribution in [1.82, 2.24) is 4.98 Å². The summed E-state index contributed by atoms with van der Waals surface area (Å²) < 4.78 is 5.44. The van der Waals surface area contributed by atoms with E-state index in [2.05, 4.69) is 41.5 Å². The zero-order valence-corrected chi connectivity index (χ0v) is 16.3. The smallest absolute Gasteiger partial charge is 0.233 e. The minimum absolute atomic E-state index is 0.0218. The Bertz CT molecular complexity index is 940. The number of aromatic nitrogens is 1. The van der Waals surface area contributed by atoms with Crippen LogP contribution in [-0.4, -0.2) is 18.0 Å². The predicted molar refractivity (Wildman–Crippen MR) is 108 cm³/mol. The zero-order valence-electron chi connectivity index (χ0n) is 15.4. The van der Waals surface area contributed by atoms with E-state index in [9.17, 15) is 4.79 Å². The van der Waals surface area contributed by atoms with Gasteiger partial charge in [-0.25, -0.2) is 4.98 Å². The molecule has 1 aliphatic carbocycles. The van der Waals surface area contributed by atoms with Gasteiger partial charge in [-0.3, -0.25) is 4.79 Å². The minimum atomic E-state index is -0.545. The van der Waals surface area contributed by atoms with Crippen LogP contribution >= 0.6 is 11.3 Å². The lowest BCUT2D eigenvalue weighted by Crippen LogP contribution is -2.38. The molecular formula is C22H22N2O2S. The fourth-order valence-corrected chi connectivity index (χ4v) is 4.52. The average molecular weight is 378 g/mol. The van der Waals surface area contributed by atoms with Gasteiger partial charge < -0.3 is 10.1 Å². The molecule has 5 heteroatoms. The number of carbonyl (C=O) groups is 1. The summed E-state index contributed by atoms with van der Waals surface area (Å²) in [6.07, 6.45) is 3.22. The van der Waals surface area contributed by atoms with Crippen LogP contribution in [0, 0.1) is 5.41 Å². The van der Waals surface area contributed by atoms with Crippen molar-refractivity contribution in [3.8, 4) is 5.75 Å². The van der Waals surface area contributed by atoms with Gasteiger partial charge in [0.2, 0.25) is 5.91 Å². The van der Waals surface area contributed by atoms with Gasteiger partial charge >= 0.3 is 0 Å². The van der Waals surface area contributed by atoms with E-state index in [0.29, 0.717) is 11.6 Å². The number of methoxy groups -OCH3 is 1. The van der Waals surface area contributed by atoms with Gasteiger partial charge in [-0.1, -0.05) is 36.4 Å². The van der Waals surface area contributed by atoms with E-state index < -0.39 is 5.41 Å². The molecule has 0 saturated heterocycles. The van der Waals surface area contributed by atoms with E-state index in [0.717, 1.165) is 12.2 Å². The first-order chi connectivity index (χ1) is 13.1. The number of benzene rings is 2. The number of ether oxygens (including phenoxy) is 1. The minimum Gasteiger partial charge on any atom is -0.497 e. The number of rotatable bonds is 5. The Kier molecular flexibility index (Phi) is 4.70. The molecule has 1 aromatic heterocycles. The third kappa shape index (κ3) is 3.35. The van der Waals surface area contributed by atoms with Gasteiger partial charge in [0.25, 0.3) is 0 Å². The van der Waals surface area contributed by atoms with E-state index in [4.69, 9.17) is 4.74 Å². The monoisotopic (exact) mass is 378 g/mol. The average Bonchev–Trinajstić information content (AvgIpc) is 3.29. The van der Waals surface area contributed by atoms with Crippen LogP contribution < -0.4 is 10.1 Å². The van der Waals surface area contributed by atoms with Crippen molar-refractivity contribution in [2.24, 2.45) is 5.41 Å². The molecule has 0 bridgehead atoms. The van der Waals surface area contributed by atoms with E-state index in [1.807, 2.05) is 29.6 Å². The number of thiazole rings is 1. The SMILES string of the molecule is COc1ccc2c(c1)C(Cc1ccccc1)C(C)(C(=O)Nc1nccs1)C2. The summed E-state index contributed by atoms with van der Waals surface area (Å²) in [6, 6.07) is 16.5. The highest BCUT2D eigenvalue weighted by atomic mass is 32.1. The first-order valence-corrected chi connectivity index (χ1v) is 9.90. The summed E-state index contributed by atoms with van der Waals surface area (Å²) in [5, 5.41) is 5.54. The lowest BCUT2D eigenvalue weighted by Gasteiger charge is -2.30. The van der Waals surface area contributed by atoms with Crippen LogP contribution in [0.15, 0.2) is 60.1 Å². The molecule has 0 saturated carbocycles. The summed E-state index contributed by atoms with van der Waals surface area (Å²) >= 11 is 1.44. The molecule has 27 heavy (non-hydrogen) atoms. The molecule has 0 fully saturated rings. The van der Waals surface area contributed by atoms with Crippen LogP contribution in [0.25, 0.3) is 0 Å². The van der Waals surface area contributed by atoms with Gasteiger partial charge in [0.15, 0.2) is 5.13 Å². The lowest BCUT2D eigenvalue weighted by molar-refractivity contribution is -0.125. The zero-order chi connectivity index (χ0) is 18.9. The number of carbonyl (C=O) groups excluding carboxylic acids is 1. The van der Waals surface area contributed by atoms with E-state index in [-0.39, 0.29) is 11.8 Å². The molecule has 1 N–H and O–H groups in total. The summed E-state index contributed by atoms with van der Waals surface area (Å²) in [5.41, 5.74) is 3.10. The van der Waals surface area contributed by atoms with Crippen molar-refractivity contribution in [1.29, 1.82) is 0 Å². The van der Waals surface area contributed by atoms with Crippen LogP contribution in [0.1, 0.15) is 29.5 Å². The van der Waals surface area contributed by atoms with E-state index in [1.54, 1.807) is 13.3 Å². The lowest BCUT2D eigenvalue weighted by atomic mass is 9.74. The molecule has 0 aliphatic heterocycles. The Morgan fingerprint density at radius 1 is 1.30 bits per heavy atom. The number of hydrogen-bond donors (Lipinski definition) is 1. The molecule has 138 valence electrons. The topological polar surface area (TPSA) is 51.2 Å². The highest BCUT2D eigenvalue weighted by molar-refractivity contribution is 7.13. The fourth-order valence-electron chi connectivity index (χ4n) is 4.00. The number of fused-ring (bicyclic) bond motifs is 1. The van der Waals surface area contributed by atoms with Gasteiger partial charge in [0.05, 0.1) is 12.5 Å². The van der Waals surface area contributed by atoms with Gasteiger partial charge in [-0.2, -0.15) is 0 Å². The standard InChI is InChI=1S/C22H22N2O2S/c1-22(20(25)24-21-23-10-11-27-21)14-16-8-9-17(26-2)13-18(16)19(22)12-15-6-4-3-5-7-15/h3-11,13,19H,12,14H2,1-2H3,(H,23,24,25). The molecule has 3 aromatic rings. The van der Waals surface area contributed by atoms with E-state index >= 15 is 0 Å². The quantitative estimate of drug-likeness (QED) is 0.701. The molecule has 0 radical (unpaired) electrons. The van der Waals surface area contributed by atoms with E-state index in [1.165, 1.54) is 28.0 Å². The van der Waals surface area contributed by atoms with Gasteiger partial charge in [0, 0.05) is 17.5 Å². The molecule has 1 amide bonds. The fraction of sp³-hybridized carbons (Fsp3) is 0.273. The van der Waals surface area contributed by atoms with Crippen LogP contribution in [0.4, 0.5) is 5.13 Å². The van der Waals surface area contributed by atoms with Gasteiger partial charge in [-0.05, 0) is 48.6 Å². The van der Waals surface area contributed by atoms with Crippen LogP contribution in [0.5, 0.6) is 5.75 Å². The second-order valence-electron chi connectivity index (χ2n) is 7.19. The van der Waals surface area contributed by atoms with Crippen molar-refractivity contribution in [3.05, 3.63) is 76.8 Å². The maximum absolute atomic E-state index is 13.3. The Balaban J connectivity index is 1.71. The normalized spacial score (nSPS) is 20.9. The van der Waals surface area contributed by atoms with Crippen molar-refractivity contribution < 1.29 is 9.53 Å². The van der Waals surface area contributed by atoms with Gasteiger partial charge in [0.1, 0.15) is 5.75 Å². The van der Waals surface area contributed by atoms with Gasteiger partial charge in [-0.15, -0.1) is 11.3 Å². The Morgan fingerprint density at radius 2 is 2.11 bits per heavy atom. The number of amides is 1. The molecule has 1 heterocycles. The molecule has 2 unspecified atom stereocenters. The maximum atomic E-state index is 13.3. The highest BCUT2D eigenvalue weighted by Crippen LogP contribution is 2.50. The van der Waals surface area contributed by atoms with Crippen molar-refractivity contribution in [3.63, 3.8) is 0 Å². The molecule has 4 nitrogen and oxygen atoms in total. The summed E-state index contributed by atoms with van der Waals surface area (Å²) in [7, 11) is 1.68. The summed E-state index contributed by atoms with van der Waals surface area (Å²) in [4.78, 5) is 17.5. The number of nitrogens with zero attached hydrogens (tertiary/aromatic N) is 1. The third-order valence-corrected chi connectivity index (χ3v) is 6.20. The molecular weight excluding hydrogens is 356 g/mol. The molecule has 0 spiro atoms. The van der Waals surface area contributed by atoms with Crippen molar-refractivity contribution >= 4 is 22.4 Å². The third-order valence-electron chi connectivity index (χ3n) is 5.51. The first-order valence-electron chi connectivity index (χ1n) is 9.02.